The van der Waals surface area contributed by atoms with Gasteiger partial charge in [0, 0.05) is 6.42 Å². The summed E-state index contributed by atoms with van der Waals surface area (Å²) in [6.07, 6.45) is 1.09. The van der Waals surface area contributed by atoms with Crippen LogP contribution in [-0.2, 0) is 0 Å². The molecule has 1 rings (SSSR count). The molecule has 1 aromatic carbocycles. The maximum absolute atomic E-state index is 9.77. The van der Waals surface area contributed by atoms with Crippen LogP contribution >= 0.6 is 0 Å². The van der Waals surface area contributed by atoms with E-state index in [1.165, 1.54) is 5.56 Å². The summed E-state index contributed by atoms with van der Waals surface area (Å²) >= 11 is 0. The minimum atomic E-state index is -0.378. The molecule has 0 aliphatic carbocycles. The van der Waals surface area contributed by atoms with Crippen molar-refractivity contribution >= 4 is 0 Å². The standard InChI is InChI=1S/C13H16O/c1-3-4-5-6-13(14)12-9-7-11(2)8-10-12/h7-10,13-14H,5-6H2,1-2H3. The van der Waals surface area contributed by atoms with E-state index in [1.54, 1.807) is 0 Å². The van der Waals surface area contributed by atoms with Crippen molar-refractivity contribution in [3.63, 3.8) is 0 Å². The molecule has 0 aliphatic rings. The average Bonchev–Trinajstić information content (AvgIpc) is 2.19. The van der Waals surface area contributed by atoms with Crippen LogP contribution in [0.15, 0.2) is 24.3 Å². The molecule has 1 heteroatoms. The highest BCUT2D eigenvalue weighted by Crippen LogP contribution is 2.18. The molecule has 0 saturated carbocycles. The van der Waals surface area contributed by atoms with Crippen LogP contribution in [-0.4, -0.2) is 5.11 Å². The van der Waals surface area contributed by atoms with Crippen LogP contribution in [0.2, 0.25) is 0 Å². The Labute approximate surface area is 85.8 Å². The zero-order valence-electron chi connectivity index (χ0n) is 8.75. The number of aliphatic hydroxyl groups is 1. The fraction of sp³-hybridized carbons (Fsp3) is 0.385. The Kier molecular flexibility index (Phi) is 4.22. The summed E-state index contributed by atoms with van der Waals surface area (Å²) in [7, 11) is 0. The van der Waals surface area contributed by atoms with E-state index in [0.717, 1.165) is 12.0 Å². The van der Waals surface area contributed by atoms with Gasteiger partial charge in [0.05, 0.1) is 6.10 Å². The first kappa shape index (κ1) is 10.8. The van der Waals surface area contributed by atoms with Gasteiger partial charge < -0.3 is 5.11 Å². The van der Waals surface area contributed by atoms with Crippen molar-refractivity contribution in [3.05, 3.63) is 35.4 Å². The van der Waals surface area contributed by atoms with Crippen molar-refractivity contribution in [3.8, 4) is 11.8 Å². The SMILES string of the molecule is CC#CCCC(O)c1ccc(C)cc1. The number of hydrogen-bond donors (Lipinski definition) is 1. The number of hydrogen-bond acceptors (Lipinski definition) is 1. The van der Waals surface area contributed by atoms with Crippen molar-refractivity contribution in [2.75, 3.05) is 0 Å². The molecule has 14 heavy (non-hydrogen) atoms. The molecule has 0 spiro atoms. The lowest BCUT2D eigenvalue weighted by Crippen LogP contribution is -1.96. The molecule has 1 nitrogen and oxygen atoms in total. The van der Waals surface area contributed by atoms with E-state index in [4.69, 9.17) is 0 Å². The van der Waals surface area contributed by atoms with Crippen LogP contribution in [0.4, 0.5) is 0 Å². The van der Waals surface area contributed by atoms with E-state index in [-0.39, 0.29) is 6.10 Å². The van der Waals surface area contributed by atoms with E-state index in [0.29, 0.717) is 6.42 Å². The first-order chi connectivity index (χ1) is 6.74. The minimum absolute atomic E-state index is 0.378. The molecule has 1 atom stereocenters. The predicted octanol–water partition coefficient (Wildman–Crippen LogP) is 2.83. The van der Waals surface area contributed by atoms with Crippen LogP contribution in [0.3, 0.4) is 0 Å². The monoisotopic (exact) mass is 188 g/mol. The second-order valence-corrected chi connectivity index (χ2v) is 3.39. The summed E-state index contributed by atoms with van der Waals surface area (Å²) in [4.78, 5) is 0. The quantitative estimate of drug-likeness (QED) is 0.723. The number of benzene rings is 1. The highest BCUT2D eigenvalue weighted by Gasteiger charge is 2.05. The Morgan fingerprint density at radius 3 is 2.50 bits per heavy atom. The fourth-order valence-corrected chi connectivity index (χ4v) is 1.29. The highest BCUT2D eigenvalue weighted by atomic mass is 16.3. The normalized spacial score (nSPS) is 11.6. The van der Waals surface area contributed by atoms with Gasteiger partial charge in [0.25, 0.3) is 0 Å². The van der Waals surface area contributed by atoms with Crippen molar-refractivity contribution in [1.82, 2.24) is 0 Å². The van der Waals surface area contributed by atoms with Gasteiger partial charge in [0.2, 0.25) is 0 Å². The summed E-state index contributed by atoms with van der Waals surface area (Å²) in [6.45, 7) is 3.86. The molecule has 0 radical (unpaired) electrons. The maximum atomic E-state index is 9.77. The Hall–Kier alpha value is -1.26. The second-order valence-electron chi connectivity index (χ2n) is 3.39. The van der Waals surface area contributed by atoms with Crippen LogP contribution in [0.1, 0.15) is 37.0 Å². The van der Waals surface area contributed by atoms with E-state index in [1.807, 2.05) is 38.1 Å². The van der Waals surface area contributed by atoms with Gasteiger partial charge in [-0.1, -0.05) is 29.8 Å². The van der Waals surface area contributed by atoms with Crippen LogP contribution in [0.5, 0.6) is 0 Å². The number of aliphatic hydroxyl groups excluding tert-OH is 1. The predicted molar refractivity (Wildman–Crippen MR) is 58.8 cm³/mol. The first-order valence-corrected chi connectivity index (χ1v) is 4.88. The maximum Gasteiger partial charge on any atom is 0.0799 e. The number of aryl methyl sites for hydroxylation is 1. The van der Waals surface area contributed by atoms with Crippen LogP contribution < -0.4 is 0 Å². The Balaban J connectivity index is 2.54. The summed E-state index contributed by atoms with van der Waals surface area (Å²) in [5.74, 6) is 5.77. The largest absolute Gasteiger partial charge is 0.388 e. The smallest absolute Gasteiger partial charge is 0.0799 e. The minimum Gasteiger partial charge on any atom is -0.388 e. The molecular weight excluding hydrogens is 172 g/mol. The first-order valence-electron chi connectivity index (χ1n) is 4.88. The van der Waals surface area contributed by atoms with E-state index >= 15 is 0 Å². The molecule has 0 heterocycles. The van der Waals surface area contributed by atoms with Crippen molar-refractivity contribution < 1.29 is 5.11 Å². The third-order valence-electron chi connectivity index (χ3n) is 2.18. The lowest BCUT2D eigenvalue weighted by atomic mass is 10.0. The molecule has 0 bridgehead atoms. The summed E-state index contributed by atoms with van der Waals surface area (Å²) < 4.78 is 0. The Morgan fingerprint density at radius 1 is 1.29 bits per heavy atom. The van der Waals surface area contributed by atoms with Crippen LogP contribution in [0.25, 0.3) is 0 Å². The van der Waals surface area contributed by atoms with Crippen LogP contribution in [0, 0.1) is 18.8 Å². The van der Waals surface area contributed by atoms with Gasteiger partial charge in [-0.2, -0.15) is 0 Å². The molecule has 0 fully saturated rings. The topological polar surface area (TPSA) is 20.2 Å². The lowest BCUT2D eigenvalue weighted by molar-refractivity contribution is 0.169. The van der Waals surface area contributed by atoms with Crippen molar-refractivity contribution in [1.29, 1.82) is 0 Å². The Morgan fingerprint density at radius 2 is 1.93 bits per heavy atom. The summed E-state index contributed by atoms with van der Waals surface area (Å²) in [5.41, 5.74) is 2.20. The molecule has 0 aliphatic heterocycles. The third-order valence-corrected chi connectivity index (χ3v) is 2.18. The number of rotatable bonds is 3. The van der Waals surface area contributed by atoms with E-state index < -0.39 is 0 Å². The van der Waals surface area contributed by atoms with E-state index in [9.17, 15) is 5.11 Å². The molecule has 0 aromatic heterocycles. The van der Waals surface area contributed by atoms with Gasteiger partial charge in [0.15, 0.2) is 0 Å². The highest BCUT2D eigenvalue weighted by molar-refractivity contribution is 5.23. The van der Waals surface area contributed by atoms with Gasteiger partial charge in [-0.15, -0.1) is 11.8 Å². The molecule has 74 valence electrons. The summed E-state index contributed by atoms with van der Waals surface area (Å²) in [6, 6.07) is 7.98. The van der Waals surface area contributed by atoms with Gasteiger partial charge >= 0.3 is 0 Å². The molecule has 1 unspecified atom stereocenters. The molecule has 1 N–H and O–H groups in total. The zero-order chi connectivity index (χ0) is 10.4. The van der Waals surface area contributed by atoms with Crippen molar-refractivity contribution in [2.24, 2.45) is 0 Å². The third kappa shape index (κ3) is 3.24. The zero-order valence-corrected chi connectivity index (χ0v) is 8.75. The molecule has 0 amide bonds. The van der Waals surface area contributed by atoms with Gasteiger partial charge in [-0.25, -0.2) is 0 Å². The van der Waals surface area contributed by atoms with Crippen molar-refractivity contribution in [2.45, 2.75) is 32.8 Å². The van der Waals surface area contributed by atoms with Gasteiger partial charge in [-0.05, 0) is 25.8 Å². The van der Waals surface area contributed by atoms with Gasteiger partial charge in [-0.3, -0.25) is 0 Å². The summed E-state index contributed by atoms with van der Waals surface area (Å²) in [5, 5.41) is 9.77. The fourth-order valence-electron chi connectivity index (χ4n) is 1.29. The molecule has 1 aromatic rings. The van der Waals surface area contributed by atoms with E-state index in [2.05, 4.69) is 11.8 Å². The van der Waals surface area contributed by atoms with Gasteiger partial charge in [0.1, 0.15) is 0 Å². The second kappa shape index (κ2) is 5.47. The molecule has 0 saturated heterocycles. The Bertz CT molecular complexity index is 326. The lowest BCUT2D eigenvalue weighted by Gasteiger charge is -2.08. The average molecular weight is 188 g/mol. The molecular formula is C13H16O.